The van der Waals surface area contributed by atoms with Gasteiger partial charge in [0.2, 0.25) is 0 Å². The molecule has 0 unspecified atom stereocenters. The van der Waals surface area contributed by atoms with Gasteiger partial charge in [0.25, 0.3) is 5.91 Å². The number of carbonyl (C=O) groups excluding carboxylic acids is 1. The Labute approximate surface area is 130 Å². The van der Waals surface area contributed by atoms with Gasteiger partial charge in [0.15, 0.2) is 5.69 Å². The van der Waals surface area contributed by atoms with E-state index in [0.717, 1.165) is 39.5 Å². The van der Waals surface area contributed by atoms with Crippen molar-refractivity contribution in [2.45, 2.75) is 25.8 Å². The highest BCUT2D eigenvalue weighted by Crippen LogP contribution is 2.36. The Hall–Kier alpha value is -1.44. The Bertz CT molecular complexity index is 684. The summed E-state index contributed by atoms with van der Waals surface area (Å²) in [7, 11) is 0. The number of fused-ring (bicyclic) bond motifs is 1. The zero-order valence-electron chi connectivity index (χ0n) is 11.1. The fourth-order valence-electron chi connectivity index (χ4n) is 2.51. The van der Waals surface area contributed by atoms with Crippen molar-refractivity contribution in [1.82, 2.24) is 10.2 Å². The predicted molar refractivity (Wildman–Crippen MR) is 86.8 cm³/mol. The molecule has 0 radical (unpaired) electrons. The predicted octanol–water partition coefficient (Wildman–Crippen LogP) is 2.32. The molecule has 0 spiro atoms. The number of anilines is 1. The van der Waals surface area contributed by atoms with E-state index in [9.17, 15) is 4.79 Å². The first-order chi connectivity index (χ1) is 9.61. The lowest BCUT2D eigenvalue weighted by Gasteiger charge is -2.25. The van der Waals surface area contributed by atoms with E-state index in [-0.39, 0.29) is 5.69 Å². The Morgan fingerprint density at radius 2 is 2.20 bits per heavy atom. The average molecular weight is 382 g/mol. The number of benzene rings is 1. The van der Waals surface area contributed by atoms with Crippen LogP contribution < -0.4 is 10.6 Å². The molecule has 1 saturated carbocycles. The maximum Gasteiger partial charge on any atom is 0.271 e. The van der Waals surface area contributed by atoms with Crippen LogP contribution in [0.15, 0.2) is 18.2 Å². The molecule has 20 heavy (non-hydrogen) atoms. The molecule has 0 bridgehead atoms. The number of hydrogen-bond acceptors (Lipinski definition) is 4. The molecule has 1 aromatic heterocycles. The highest BCUT2D eigenvalue weighted by molar-refractivity contribution is 14.1. The second-order valence-electron chi connectivity index (χ2n) is 4.94. The maximum atomic E-state index is 11.7. The first-order valence-corrected chi connectivity index (χ1v) is 7.72. The quantitative estimate of drug-likeness (QED) is 0.824. The molecule has 104 valence electrons. The van der Waals surface area contributed by atoms with E-state index in [0.29, 0.717) is 6.04 Å². The first-order valence-electron chi connectivity index (χ1n) is 6.64. The lowest BCUT2D eigenvalue weighted by molar-refractivity contribution is 0.0995. The number of nitrogens with zero attached hydrogens (tertiary/aromatic N) is 3. The largest absolute Gasteiger partial charge is 0.366 e. The van der Waals surface area contributed by atoms with Crippen LogP contribution in [0.1, 0.15) is 30.3 Å². The van der Waals surface area contributed by atoms with Crippen LogP contribution in [0, 0.1) is 3.57 Å². The van der Waals surface area contributed by atoms with Crippen LogP contribution in [0.5, 0.6) is 0 Å². The topological polar surface area (TPSA) is 72.1 Å². The molecule has 1 aromatic carbocycles. The smallest absolute Gasteiger partial charge is 0.271 e. The third-order valence-electron chi connectivity index (χ3n) is 3.55. The number of aromatic nitrogens is 2. The SMILES string of the molecule is CCN(c1c(C(N)=O)nnc2cc(I)ccc12)C1CC1. The van der Waals surface area contributed by atoms with E-state index in [1.165, 1.54) is 0 Å². The monoisotopic (exact) mass is 382 g/mol. The van der Waals surface area contributed by atoms with Crippen LogP contribution >= 0.6 is 22.6 Å². The van der Waals surface area contributed by atoms with Gasteiger partial charge in [-0.1, -0.05) is 0 Å². The molecule has 2 aromatic rings. The molecule has 6 heteroatoms. The molecule has 0 atom stereocenters. The van der Waals surface area contributed by atoms with Gasteiger partial charge in [-0.2, -0.15) is 0 Å². The van der Waals surface area contributed by atoms with Gasteiger partial charge in [0, 0.05) is 21.5 Å². The number of amides is 1. The fraction of sp³-hybridized carbons (Fsp3) is 0.357. The molecule has 1 heterocycles. The molecule has 5 nitrogen and oxygen atoms in total. The lowest BCUT2D eigenvalue weighted by atomic mass is 10.1. The highest BCUT2D eigenvalue weighted by atomic mass is 127. The minimum absolute atomic E-state index is 0.271. The lowest BCUT2D eigenvalue weighted by Crippen LogP contribution is -2.29. The molecule has 1 amide bonds. The summed E-state index contributed by atoms with van der Waals surface area (Å²) in [5.41, 5.74) is 7.39. The molecule has 3 rings (SSSR count). The molecule has 1 aliphatic rings. The Morgan fingerprint density at radius 3 is 2.80 bits per heavy atom. The van der Waals surface area contributed by atoms with Crippen LogP contribution in [-0.4, -0.2) is 28.7 Å². The van der Waals surface area contributed by atoms with Crippen molar-refractivity contribution in [3.05, 3.63) is 27.5 Å². The summed E-state index contributed by atoms with van der Waals surface area (Å²) < 4.78 is 1.09. The summed E-state index contributed by atoms with van der Waals surface area (Å²) in [6.07, 6.45) is 2.31. The zero-order valence-corrected chi connectivity index (χ0v) is 13.3. The van der Waals surface area contributed by atoms with Crippen molar-refractivity contribution in [2.75, 3.05) is 11.4 Å². The number of primary amides is 1. The molecule has 0 aliphatic heterocycles. The summed E-state index contributed by atoms with van der Waals surface area (Å²) >= 11 is 2.24. The summed E-state index contributed by atoms with van der Waals surface area (Å²) in [5, 5.41) is 9.14. The normalized spacial score (nSPS) is 14.5. The van der Waals surface area contributed by atoms with Crippen LogP contribution in [0.25, 0.3) is 10.9 Å². The van der Waals surface area contributed by atoms with Crippen molar-refractivity contribution in [1.29, 1.82) is 0 Å². The van der Waals surface area contributed by atoms with E-state index >= 15 is 0 Å². The van der Waals surface area contributed by atoms with Gasteiger partial charge in [-0.25, -0.2) is 0 Å². The molecule has 0 saturated heterocycles. The third-order valence-corrected chi connectivity index (χ3v) is 4.22. The Morgan fingerprint density at radius 1 is 1.45 bits per heavy atom. The minimum Gasteiger partial charge on any atom is -0.366 e. The van der Waals surface area contributed by atoms with Crippen LogP contribution in [0.3, 0.4) is 0 Å². The van der Waals surface area contributed by atoms with Crippen LogP contribution in [-0.2, 0) is 0 Å². The number of hydrogen-bond donors (Lipinski definition) is 1. The van der Waals surface area contributed by atoms with Crippen molar-refractivity contribution in [3.8, 4) is 0 Å². The summed E-state index contributed by atoms with van der Waals surface area (Å²) in [6.45, 7) is 2.92. The van der Waals surface area contributed by atoms with E-state index in [2.05, 4.69) is 44.6 Å². The van der Waals surface area contributed by atoms with Crippen LogP contribution in [0.4, 0.5) is 5.69 Å². The zero-order chi connectivity index (χ0) is 14.3. The first kappa shape index (κ1) is 13.5. The van der Waals surface area contributed by atoms with E-state index in [1.54, 1.807) is 0 Å². The second kappa shape index (κ2) is 5.16. The van der Waals surface area contributed by atoms with E-state index in [4.69, 9.17) is 5.73 Å². The molecular formula is C14H15IN4O. The molecule has 2 N–H and O–H groups in total. The second-order valence-corrected chi connectivity index (χ2v) is 6.19. The molecular weight excluding hydrogens is 367 g/mol. The summed E-state index contributed by atoms with van der Waals surface area (Å²) in [6, 6.07) is 6.47. The number of nitrogens with two attached hydrogens (primary N) is 1. The maximum absolute atomic E-state index is 11.7. The van der Waals surface area contributed by atoms with E-state index < -0.39 is 5.91 Å². The van der Waals surface area contributed by atoms with Crippen molar-refractivity contribution < 1.29 is 4.79 Å². The standard InChI is InChI=1S/C14H15IN4O/c1-2-19(9-4-5-9)13-10-6-3-8(15)7-11(10)17-18-12(13)14(16)20/h3,6-7,9H,2,4-5H2,1H3,(H2,16,20). The van der Waals surface area contributed by atoms with Gasteiger partial charge in [-0.3, -0.25) is 4.79 Å². The Balaban J connectivity index is 2.28. The van der Waals surface area contributed by atoms with Crippen molar-refractivity contribution in [2.24, 2.45) is 5.73 Å². The Kier molecular flexibility index (Phi) is 3.49. The minimum atomic E-state index is -0.521. The van der Waals surface area contributed by atoms with Crippen LogP contribution in [0.2, 0.25) is 0 Å². The number of rotatable bonds is 4. The third kappa shape index (κ3) is 2.32. The van der Waals surface area contributed by atoms with Gasteiger partial charge >= 0.3 is 0 Å². The number of halogens is 1. The van der Waals surface area contributed by atoms with Crippen molar-refractivity contribution in [3.63, 3.8) is 0 Å². The fourth-order valence-corrected chi connectivity index (χ4v) is 2.98. The molecule has 1 aliphatic carbocycles. The highest BCUT2D eigenvalue weighted by Gasteiger charge is 2.32. The van der Waals surface area contributed by atoms with Gasteiger partial charge in [0.05, 0.1) is 11.2 Å². The average Bonchev–Trinajstić information content (AvgIpc) is 3.23. The van der Waals surface area contributed by atoms with E-state index in [1.807, 2.05) is 18.2 Å². The molecule has 1 fully saturated rings. The summed E-state index contributed by atoms with van der Waals surface area (Å²) in [5.74, 6) is -0.521. The van der Waals surface area contributed by atoms with Gasteiger partial charge < -0.3 is 10.6 Å². The van der Waals surface area contributed by atoms with Crippen molar-refractivity contribution >= 4 is 45.1 Å². The van der Waals surface area contributed by atoms with Gasteiger partial charge in [-0.05, 0) is 60.6 Å². The number of carbonyl (C=O) groups is 1. The summed E-state index contributed by atoms with van der Waals surface area (Å²) in [4.78, 5) is 13.9. The van der Waals surface area contributed by atoms with Gasteiger partial charge in [-0.15, -0.1) is 10.2 Å². The van der Waals surface area contributed by atoms with Gasteiger partial charge in [0.1, 0.15) is 0 Å².